The predicted molar refractivity (Wildman–Crippen MR) is 65.5 cm³/mol. The Morgan fingerprint density at radius 2 is 2.16 bits per heavy atom. The molecule has 1 aromatic carbocycles. The zero-order chi connectivity index (χ0) is 14.2. The number of hydroxylamine groups is 1. The van der Waals surface area contributed by atoms with Crippen molar-refractivity contribution < 1.29 is 27.5 Å². The lowest BCUT2D eigenvalue weighted by Gasteiger charge is -2.15. The summed E-state index contributed by atoms with van der Waals surface area (Å²) in [4.78, 5) is 15.0. The van der Waals surface area contributed by atoms with Gasteiger partial charge in [0.1, 0.15) is 4.90 Å². The zero-order valence-corrected chi connectivity index (χ0v) is 11.9. The number of benzene rings is 1. The molecular formula is C10H9BrFNO5S. The summed E-state index contributed by atoms with van der Waals surface area (Å²) >= 11 is 2.96. The van der Waals surface area contributed by atoms with Gasteiger partial charge in [-0.2, -0.15) is 0 Å². The number of aromatic carboxylic acids is 1. The van der Waals surface area contributed by atoms with Gasteiger partial charge in [0.2, 0.25) is 0 Å². The van der Waals surface area contributed by atoms with E-state index in [4.69, 9.17) is 9.94 Å². The number of nitrogens with zero attached hydrogens (tertiary/aromatic N) is 1. The highest BCUT2D eigenvalue weighted by Crippen LogP contribution is 2.28. The Bertz CT molecular complexity index is 627. The highest BCUT2D eigenvalue weighted by Gasteiger charge is 2.33. The lowest BCUT2D eigenvalue weighted by molar-refractivity contribution is -0.0286. The Hall–Kier alpha value is -1.03. The van der Waals surface area contributed by atoms with Gasteiger partial charge in [0.15, 0.2) is 5.82 Å². The van der Waals surface area contributed by atoms with Crippen LogP contribution in [-0.4, -0.2) is 37.1 Å². The molecule has 0 amide bonds. The van der Waals surface area contributed by atoms with E-state index in [-0.39, 0.29) is 17.6 Å². The summed E-state index contributed by atoms with van der Waals surface area (Å²) < 4.78 is 39.1. The first-order chi connectivity index (χ1) is 8.84. The molecule has 0 aromatic heterocycles. The van der Waals surface area contributed by atoms with E-state index in [9.17, 15) is 17.6 Å². The van der Waals surface area contributed by atoms with E-state index in [1.807, 2.05) is 0 Å². The van der Waals surface area contributed by atoms with E-state index in [0.29, 0.717) is 10.9 Å². The third-order valence-corrected chi connectivity index (χ3v) is 4.64. The Labute approximate surface area is 116 Å². The Kier molecular flexibility index (Phi) is 3.90. The monoisotopic (exact) mass is 353 g/mol. The number of hydrogen-bond donors (Lipinski definition) is 1. The molecule has 1 heterocycles. The fourth-order valence-corrected chi connectivity index (χ4v) is 3.66. The van der Waals surface area contributed by atoms with Gasteiger partial charge in [-0.25, -0.2) is 17.6 Å². The van der Waals surface area contributed by atoms with Crippen LogP contribution in [0, 0.1) is 5.82 Å². The molecule has 9 heteroatoms. The summed E-state index contributed by atoms with van der Waals surface area (Å²) in [6.07, 6.45) is 0.501. The second kappa shape index (κ2) is 5.16. The van der Waals surface area contributed by atoms with Crippen molar-refractivity contribution in [2.45, 2.75) is 11.3 Å². The van der Waals surface area contributed by atoms with E-state index in [1.165, 1.54) is 0 Å². The maximum Gasteiger partial charge on any atom is 0.338 e. The summed E-state index contributed by atoms with van der Waals surface area (Å²) in [5, 5.41) is 8.85. The van der Waals surface area contributed by atoms with E-state index in [1.54, 1.807) is 0 Å². The van der Waals surface area contributed by atoms with Gasteiger partial charge in [-0.15, -0.1) is 0 Å². The van der Waals surface area contributed by atoms with Gasteiger partial charge in [-0.3, -0.25) is 4.84 Å². The molecule has 0 spiro atoms. The maximum atomic E-state index is 14.0. The van der Waals surface area contributed by atoms with Gasteiger partial charge in [-0.05, 0) is 18.6 Å². The van der Waals surface area contributed by atoms with Crippen molar-refractivity contribution >= 4 is 31.9 Å². The predicted octanol–water partition coefficient (Wildman–Crippen LogP) is 1.61. The fraction of sp³-hybridized carbons (Fsp3) is 0.300. The third-order valence-electron chi connectivity index (χ3n) is 2.50. The summed E-state index contributed by atoms with van der Waals surface area (Å²) in [5.41, 5.74) is -0.716. The van der Waals surface area contributed by atoms with Gasteiger partial charge in [0, 0.05) is 11.0 Å². The molecule has 0 unspecified atom stereocenters. The number of hydrogen-bond acceptors (Lipinski definition) is 4. The van der Waals surface area contributed by atoms with Crippen molar-refractivity contribution in [3.63, 3.8) is 0 Å². The SMILES string of the molecule is O=C(O)c1cc(Br)cc(S(=O)(=O)N2CCCO2)c1F. The minimum Gasteiger partial charge on any atom is -0.478 e. The van der Waals surface area contributed by atoms with Gasteiger partial charge in [0.25, 0.3) is 10.0 Å². The molecule has 1 saturated heterocycles. The number of carboxylic acid groups (broad SMARTS) is 1. The molecule has 1 aromatic rings. The van der Waals surface area contributed by atoms with E-state index >= 15 is 0 Å². The molecular weight excluding hydrogens is 345 g/mol. The lowest BCUT2D eigenvalue weighted by atomic mass is 10.2. The molecule has 0 radical (unpaired) electrons. The maximum absolute atomic E-state index is 14.0. The van der Waals surface area contributed by atoms with Crippen LogP contribution >= 0.6 is 15.9 Å². The molecule has 1 aliphatic heterocycles. The van der Waals surface area contributed by atoms with Crippen LogP contribution < -0.4 is 0 Å². The van der Waals surface area contributed by atoms with Crippen molar-refractivity contribution in [1.29, 1.82) is 0 Å². The molecule has 0 aliphatic carbocycles. The fourth-order valence-electron chi connectivity index (χ4n) is 1.63. The highest BCUT2D eigenvalue weighted by atomic mass is 79.9. The quantitative estimate of drug-likeness (QED) is 0.892. The van der Waals surface area contributed by atoms with Gasteiger partial charge in [-0.1, -0.05) is 20.4 Å². The van der Waals surface area contributed by atoms with Crippen molar-refractivity contribution in [3.05, 3.63) is 28.0 Å². The topological polar surface area (TPSA) is 83.9 Å². The molecule has 2 rings (SSSR count). The van der Waals surface area contributed by atoms with Crippen molar-refractivity contribution in [1.82, 2.24) is 4.47 Å². The Balaban J connectivity index is 2.59. The number of halogens is 2. The zero-order valence-electron chi connectivity index (χ0n) is 9.47. The van der Waals surface area contributed by atoms with E-state index < -0.39 is 32.3 Å². The van der Waals surface area contributed by atoms with Crippen LogP contribution in [-0.2, 0) is 14.9 Å². The van der Waals surface area contributed by atoms with Gasteiger partial charge in [0.05, 0.1) is 12.2 Å². The summed E-state index contributed by atoms with van der Waals surface area (Å²) in [6, 6.07) is 2.01. The van der Waals surface area contributed by atoms with Crippen LogP contribution in [0.15, 0.2) is 21.5 Å². The number of rotatable bonds is 3. The number of sulfonamides is 1. The average molecular weight is 354 g/mol. The van der Waals surface area contributed by atoms with Crippen LogP contribution in [0.1, 0.15) is 16.8 Å². The van der Waals surface area contributed by atoms with Crippen molar-refractivity contribution in [2.24, 2.45) is 0 Å². The average Bonchev–Trinajstić information content (AvgIpc) is 2.85. The van der Waals surface area contributed by atoms with Gasteiger partial charge < -0.3 is 5.11 Å². The Morgan fingerprint density at radius 1 is 1.47 bits per heavy atom. The molecule has 1 N–H and O–H groups in total. The molecule has 104 valence electrons. The molecule has 0 saturated carbocycles. The Morgan fingerprint density at radius 3 is 2.68 bits per heavy atom. The first-order valence-corrected chi connectivity index (χ1v) is 7.45. The summed E-state index contributed by atoms with van der Waals surface area (Å²) in [5.74, 6) is -2.84. The summed E-state index contributed by atoms with van der Waals surface area (Å²) in [7, 11) is -4.21. The number of carbonyl (C=O) groups is 1. The first-order valence-electron chi connectivity index (χ1n) is 5.22. The van der Waals surface area contributed by atoms with E-state index in [0.717, 1.165) is 12.1 Å². The highest BCUT2D eigenvalue weighted by molar-refractivity contribution is 9.10. The molecule has 0 bridgehead atoms. The second-order valence-corrected chi connectivity index (χ2v) is 6.50. The molecule has 6 nitrogen and oxygen atoms in total. The standard InChI is InChI=1S/C10H9BrFNO5S/c11-6-4-7(10(14)15)9(12)8(5-6)19(16,17)13-2-1-3-18-13/h4-5H,1-3H2,(H,14,15). The minimum atomic E-state index is -4.21. The van der Waals surface area contributed by atoms with E-state index in [2.05, 4.69) is 15.9 Å². The minimum absolute atomic E-state index is 0.108. The third kappa shape index (κ3) is 2.64. The van der Waals surface area contributed by atoms with Crippen LogP contribution in [0.25, 0.3) is 0 Å². The van der Waals surface area contributed by atoms with Crippen LogP contribution in [0.4, 0.5) is 4.39 Å². The van der Waals surface area contributed by atoms with Crippen molar-refractivity contribution in [3.8, 4) is 0 Å². The van der Waals surface area contributed by atoms with Crippen molar-refractivity contribution in [2.75, 3.05) is 13.2 Å². The summed E-state index contributed by atoms with van der Waals surface area (Å²) in [6.45, 7) is 0.331. The normalized spacial score (nSPS) is 16.7. The lowest BCUT2D eigenvalue weighted by Crippen LogP contribution is -2.28. The largest absolute Gasteiger partial charge is 0.478 e. The second-order valence-electron chi connectivity index (χ2n) is 3.79. The van der Waals surface area contributed by atoms with Gasteiger partial charge >= 0.3 is 5.97 Å². The molecule has 0 atom stereocenters. The van der Waals surface area contributed by atoms with Crippen LogP contribution in [0.2, 0.25) is 0 Å². The first kappa shape index (κ1) is 14.4. The van der Waals surface area contributed by atoms with Crippen LogP contribution in [0.5, 0.6) is 0 Å². The van der Waals surface area contributed by atoms with Crippen LogP contribution in [0.3, 0.4) is 0 Å². The molecule has 19 heavy (non-hydrogen) atoms. The molecule has 1 fully saturated rings. The number of carboxylic acids is 1. The smallest absolute Gasteiger partial charge is 0.338 e. The molecule has 1 aliphatic rings.